The average molecular weight is 265 g/mol. The van der Waals surface area contributed by atoms with Crippen LogP contribution in [-0.4, -0.2) is 52.6 Å². The summed E-state index contributed by atoms with van der Waals surface area (Å²) in [6.07, 6.45) is -1.50. The van der Waals surface area contributed by atoms with Gasteiger partial charge < -0.3 is 9.84 Å². The molecule has 0 aromatic rings. The van der Waals surface area contributed by atoms with Crippen molar-refractivity contribution in [3.8, 4) is 0 Å². The molecule has 0 spiro atoms. The minimum atomic E-state index is -2.31. The molecule has 1 amide bonds. The number of carboxylic acid groups (broad SMARTS) is 1. The SMILES string of the molecule is CC(C)(C)OC(=O)N1C[C@@](F)(CF)C[C@H]1C(=O)O. The first-order chi connectivity index (χ1) is 8.08. The second-order valence-electron chi connectivity index (χ2n) is 5.45. The molecule has 1 aliphatic heterocycles. The quantitative estimate of drug-likeness (QED) is 0.826. The Balaban J connectivity index is 2.85. The highest BCUT2D eigenvalue weighted by Crippen LogP contribution is 2.32. The Labute approximate surface area is 104 Å². The van der Waals surface area contributed by atoms with Gasteiger partial charge in [-0.25, -0.2) is 18.4 Å². The molecule has 1 fully saturated rings. The summed E-state index contributed by atoms with van der Waals surface area (Å²) in [6, 6.07) is -1.39. The highest BCUT2D eigenvalue weighted by molar-refractivity contribution is 5.81. The number of alkyl halides is 2. The van der Waals surface area contributed by atoms with Crippen molar-refractivity contribution in [1.82, 2.24) is 4.90 Å². The molecule has 0 unspecified atom stereocenters. The molecule has 1 aliphatic rings. The summed E-state index contributed by atoms with van der Waals surface area (Å²) in [5.41, 5.74) is -3.13. The average Bonchev–Trinajstić information content (AvgIpc) is 2.55. The van der Waals surface area contributed by atoms with Crippen molar-refractivity contribution >= 4 is 12.1 Å². The number of halogens is 2. The predicted molar refractivity (Wildman–Crippen MR) is 58.8 cm³/mol. The third-order valence-corrected chi connectivity index (χ3v) is 2.54. The number of carboxylic acids is 1. The van der Waals surface area contributed by atoms with E-state index in [1.165, 1.54) is 0 Å². The van der Waals surface area contributed by atoms with Crippen LogP contribution in [0.4, 0.5) is 13.6 Å². The molecule has 0 aliphatic carbocycles. The molecule has 1 N–H and O–H groups in total. The van der Waals surface area contributed by atoms with Crippen LogP contribution in [0.5, 0.6) is 0 Å². The molecule has 104 valence electrons. The molecule has 0 radical (unpaired) electrons. The van der Waals surface area contributed by atoms with Gasteiger partial charge in [0.15, 0.2) is 5.67 Å². The molecule has 7 heteroatoms. The van der Waals surface area contributed by atoms with E-state index in [1.807, 2.05) is 0 Å². The predicted octanol–water partition coefficient (Wildman–Crippen LogP) is 1.76. The summed E-state index contributed by atoms with van der Waals surface area (Å²) in [4.78, 5) is 23.4. The molecule has 2 atom stereocenters. The van der Waals surface area contributed by atoms with Crippen LogP contribution in [0, 0.1) is 0 Å². The largest absolute Gasteiger partial charge is 0.480 e. The van der Waals surface area contributed by atoms with Gasteiger partial charge in [0.2, 0.25) is 0 Å². The monoisotopic (exact) mass is 265 g/mol. The van der Waals surface area contributed by atoms with E-state index >= 15 is 0 Å². The molecule has 0 aromatic carbocycles. The summed E-state index contributed by atoms with van der Waals surface area (Å²) in [7, 11) is 0. The van der Waals surface area contributed by atoms with Gasteiger partial charge in [0.25, 0.3) is 0 Å². The first kappa shape index (κ1) is 14.7. The van der Waals surface area contributed by atoms with Crippen molar-refractivity contribution in [2.75, 3.05) is 13.2 Å². The van der Waals surface area contributed by atoms with Gasteiger partial charge >= 0.3 is 12.1 Å². The normalized spacial score (nSPS) is 28.3. The molecule has 5 nitrogen and oxygen atoms in total. The van der Waals surface area contributed by atoms with Crippen molar-refractivity contribution in [3.63, 3.8) is 0 Å². The van der Waals surface area contributed by atoms with E-state index in [4.69, 9.17) is 9.84 Å². The maximum Gasteiger partial charge on any atom is 0.411 e. The summed E-state index contributed by atoms with van der Waals surface area (Å²) in [5, 5.41) is 8.92. The van der Waals surface area contributed by atoms with Gasteiger partial charge in [0, 0.05) is 6.42 Å². The van der Waals surface area contributed by atoms with E-state index in [9.17, 15) is 18.4 Å². The summed E-state index contributed by atoms with van der Waals surface area (Å²) in [5.74, 6) is -1.37. The van der Waals surface area contributed by atoms with Crippen molar-refractivity contribution in [2.45, 2.75) is 44.5 Å². The molecular formula is C11H17F2NO4. The van der Waals surface area contributed by atoms with Gasteiger partial charge in [-0.15, -0.1) is 0 Å². The number of amides is 1. The van der Waals surface area contributed by atoms with Crippen LogP contribution >= 0.6 is 0 Å². The van der Waals surface area contributed by atoms with E-state index in [2.05, 4.69) is 0 Å². The molecule has 18 heavy (non-hydrogen) atoms. The van der Waals surface area contributed by atoms with Gasteiger partial charge in [-0.2, -0.15) is 0 Å². The minimum Gasteiger partial charge on any atom is -0.480 e. The van der Waals surface area contributed by atoms with Crippen LogP contribution in [-0.2, 0) is 9.53 Å². The fraction of sp³-hybridized carbons (Fsp3) is 0.818. The maximum atomic E-state index is 13.8. The second kappa shape index (κ2) is 4.70. The standard InChI is InChI=1S/C11H17F2NO4/c1-10(2,3)18-9(17)14-6-11(13,5-12)4-7(14)8(15)16/h7H,4-6H2,1-3H3,(H,15,16)/t7-,11-/m0/s1. The molecule has 1 rings (SSSR count). The zero-order chi connectivity index (χ0) is 14.1. The molecule has 1 heterocycles. The maximum absolute atomic E-state index is 13.8. The fourth-order valence-electron chi connectivity index (χ4n) is 1.77. The third kappa shape index (κ3) is 3.30. The minimum absolute atomic E-state index is 0.557. The summed E-state index contributed by atoms with van der Waals surface area (Å²) < 4.78 is 31.3. The van der Waals surface area contributed by atoms with Gasteiger partial charge in [0.05, 0.1) is 6.54 Å². The van der Waals surface area contributed by atoms with E-state index in [1.54, 1.807) is 20.8 Å². The molecule has 0 saturated carbocycles. The van der Waals surface area contributed by atoms with Gasteiger partial charge in [0.1, 0.15) is 18.3 Å². The van der Waals surface area contributed by atoms with Crippen molar-refractivity contribution < 1.29 is 28.2 Å². The molecule has 1 saturated heterocycles. The van der Waals surface area contributed by atoms with Crippen LogP contribution in [0.25, 0.3) is 0 Å². The second-order valence-corrected chi connectivity index (χ2v) is 5.45. The highest BCUT2D eigenvalue weighted by Gasteiger charge is 2.50. The van der Waals surface area contributed by atoms with Crippen LogP contribution in [0.2, 0.25) is 0 Å². The molecule has 0 aromatic heterocycles. The van der Waals surface area contributed by atoms with Crippen molar-refractivity contribution in [1.29, 1.82) is 0 Å². The lowest BCUT2D eigenvalue weighted by Gasteiger charge is -2.26. The smallest absolute Gasteiger partial charge is 0.411 e. The Bertz CT molecular complexity index is 355. The lowest BCUT2D eigenvalue weighted by molar-refractivity contribution is -0.142. The van der Waals surface area contributed by atoms with Crippen LogP contribution in [0.1, 0.15) is 27.2 Å². The molecular weight excluding hydrogens is 248 g/mol. The Kier molecular flexibility index (Phi) is 3.83. The highest BCUT2D eigenvalue weighted by atomic mass is 19.2. The fourth-order valence-corrected chi connectivity index (χ4v) is 1.77. The zero-order valence-corrected chi connectivity index (χ0v) is 10.6. The Morgan fingerprint density at radius 3 is 2.44 bits per heavy atom. The Hall–Kier alpha value is -1.40. The summed E-state index contributed by atoms with van der Waals surface area (Å²) in [6.45, 7) is 2.89. The van der Waals surface area contributed by atoms with Crippen LogP contribution in [0.15, 0.2) is 0 Å². The Morgan fingerprint density at radius 1 is 1.50 bits per heavy atom. The summed E-state index contributed by atoms with van der Waals surface area (Å²) >= 11 is 0. The van der Waals surface area contributed by atoms with E-state index in [0.29, 0.717) is 0 Å². The number of nitrogens with zero attached hydrogens (tertiary/aromatic N) is 1. The number of hydrogen-bond acceptors (Lipinski definition) is 3. The number of likely N-dealkylation sites (tertiary alicyclic amines) is 1. The van der Waals surface area contributed by atoms with E-state index in [0.717, 1.165) is 4.90 Å². The number of rotatable bonds is 2. The zero-order valence-electron chi connectivity index (χ0n) is 10.6. The van der Waals surface area contributed by atoms with Crippen molar-refractivity contribution in [2.24, 2.45) is 0 Å². The Morgan fingerprint density at radius 2 is 2.06 bits per heavy atom. The lowest BCUT2D eigenvalue weighted by Crippen LogP contribution is -2.43. The number of ether oxygens (including phenoxy) is 1. The number of carbonyl (C=O) groups is 2. The van der Waals surface area contributed by atoms with Crippen LogP contribution < -0.4 is 0 Å². The number of hydrogen-bond donors (Lipinski definition) is 1. The van der Waals surface area contributed by atoms with Gasteiger partial charge in [-0.3, -0.25) is 4.90 Å². The first-order valence-electron chi connectivity index (χ1n) is 5.55. The lowest BCUT2D eigenvalue weighted by atomic mass is 10.0. The van der Waals surface area contributed by atoms with E-state index < -0.39 is 49.0 Å². The number of carbonyl (C=O) groups excluding carboxylic acids is 1. The number of aliphatic carboxylic acids is 1. The van der Waals surface area contributed by atoms with Crippen molar-refractivity contribution in [3.05, 3.63) is 0 Å². The first-order valence-corrected chi connectivity index (χ1v) is 5.55. The van der Waals surface area contributed by atoms with Gasteiger partial charge in [-0.05, 0) is 20.8 Å². The van der Waals surface area contributed by atoms with Crippen LogP contribution in [0.3, 0.4) is 0 Å². The van der Waals surface area contributed by atoms with E-state index in [-0.39, 0.29) is 0 Å². The molecule has 0 bridgehead atoms. The van der Waals surface area contributed by atoms with Gasteiger partial charge in [-0.1, -0.05) is 0 Å². The topological polar surface area (TPSA) is 66.8 Å². The third-order valence-electron chi connectivity index (χ3n) is 2.54.